The molecule has 2 amide bonds. The fraction of sp³-hybridized carbons (Fsp3) is 0.438. The summed E-state index contributed by atoms with van der Waals surface area (Å²) in [6.45, 7) is 7.36. The lowest BCUT2D eigenvalue weighted by Crippen LogP contribution is -2.23. The summed E-state index contributed by atoms with van der Waals surface area (Å²) in [5, 5.41) is 0. The van der Waals surface area contributed by atoms with Crippen LogP contribution < -0.4 is 15.2 Å². The molecule has 7 nitrogen and oxygen atoms in total. The summed E-state index contributed by atoms with van der Waals surface area (Å²) in [6, 6.07) is 16.1. The van der Waals surface area contributed by atoms with Gasteiger partial charge in [0.15, 0.2) is 0 Å². The maximum atomic E-state index is 11.3. The number of ether oxygens (including phenoxy) is 2. The highest BCUT2D eigenvalue weighted by Crippen LogP contribution is 2.16. The van der Waals surface area contributed by atoms with Crippen LogP contribution in [0.2, 0.25) is 0 Å². The highest BCUT2D eigenvalue weighted by atomic mass is 127. The first kappa shape index (κ1) is 38.9. The van der Waals surface area contributed by atoms with E-state index in [1.807, 2.05) is 74.5 Å². The number of benzene rings is 2. The van der Waals surface area contributed by atoms with Gasteiger partial charge in [-0.2, -0.15) is 0 Å². The summed E-state index contributed by atoms with van der Waals surface area (Å²) < 4.78 is 13.5. The number of amides is 2. The van der Waals surface area contributed by atoms with Crippen LogP contribution in [0.15, 0.2) is 72.8 Å². The molecule has 41 heavy (non-hydrogen) atoms. The number of likely N-dealkylation sites (N-methyl/N-ethyl adjacent to an activating group) is 2. The Morgan fingerprint density at radius 2 is 1.20 bits per heavy atom. The van der Waals surface area contributed by atoms with E-state index in [1.165, 1.54) is 7.14 Å². The normalized spacial score (nSPS) is 12.0. The van der Waals surface area contributed by atoms with Gasteiger partial charge in [0, 0.05) is 41.4 Å². The Balaban J connectivity index is 0.000000646. The van der Waals surface area contributed by atoms with Crippen LogP contribution in [-0.4, -0.2) is 69.1 Å². The van der Waals surface area contributed by atoms with Gasteiger partial charge < -0.3 is 25.0 Å². The van der Waals surface area contributed by atoms with Crippen molar-refractivity contribution in [3.8, 4) is 11.5 Å². The maximum Gasteiger partial charge on any atom is 0.245 e. The number of carbonyl (C=O) groups excluding carboxylic acids is 2. The Morgan fingerprint density at radius 3 is 1.59 bits per heavy atom. The van der Waals surface area contributed by atoms with E-state index in [0.29, 0.717) is 19.1 Å². The molecule has 2 atom stereocenters. The zero-order valence-corrected chi connectivity index (χ0v) is 29.8. The van der Waals surface area contributed by atoms with E-state index >= 15 is 0 Å². The number of carbonyl (C=O) groups is 2. The molecule has 0 aromatic heterocycles. The molecule has 0 radical (unpaired) electrons. The molecule has 2 N–H and O–H groups in total. The van der Waals surface area contributed by atoms with Gasteiger partial charge in [-0.15, -0.1) is 0 Å². The van der Waals surface area contributed by atoms with E-state index in [9.17, 15) is 9.59 Å². The van der Waals surface area contributed by atoms with Crippen LogP contribution in [0.4, 0.5) is 0 Å². The zero-order valence-electron chi connectivity index (χ0n) is 25.5. The quantitative estimate of drug-likeness (QED) is 0.189. The third-order valence-corrected chi connectivity index (χ3v) is 6.58. The highest BCUT2D eigenvalue weighted by molar-refractivity contribution is 14.1. The topological polar surface area (TPSA) is 85.1 Å². The van der Waals surface area contributed by atoms with Crippen molar-refractivity contribution >= 4 is 57.0 Å². The SMILES string of the molecule is CC(CC/C=C/C(=O)N(C)C)COc1ccc(I)cc1.CC(N)COc1ccc(I)cc1.CC/C=C/C(=O)N(C)C. The van der Waals surface area contributed by atoms with Crippen LogP contribution >= 0.6 is 45.2 Å². The molecule has 0 aliphatic rings. The van der Waals surface area contributed by atoms with Crippen molar-refractivity contribution in [3.63, 3.8) is 0 Å². The van der Waals surface area contributed by atoms with E-state index in [0.717, 1.165) is 30.8 Å². The minimum absolute atomic E-state index is 0.0350. The maximum absolute atomic E-state index is 11.3. The molecule has 2 rings (SSSR count). The molecule has 0 saturated carbocycles. The van der Waals surface area contributed by atoms with Crippen LogP contribution in [-0.2, 0) is 9.59 Å². The minimum atomic E-state index is 0.0350. The monoisotopic (exact) mass is 791 g/mol. The first-order valence-corrected chi connectivity index (χ1v) is 15.8. The van der Waals surface area contributed by atoms with Crippen molar-refractivity contribution in [2.45, 2.75) is 46.1 Å². The first-order valence-electron chi connectivity index (χ1n) is 13.6. The van der Waals surface area contributed by atoms with Crippen molar-refractivity contribution in [1.29, 1.82) is 0 Å². The summed E-state index contributed by atoms with van der Waals surface area (Å²) in [5.41, 5.74) is 5.54. The summed E-state index contributed by atoms with van der Waals surface area (Å²) >= 11 is 4.53. The average Bonchev–Trinajstić information content (AvgIpc) is 2.93. The number of hydrogen-bond donors (Lipinski definition) is 1. The molecule has 0 heterocycles. The van der Waals surface area contributed by atoms with Crippen LogP contribution in [0, 0.1) is 13.1 Å². The third-order valence-electron chi connectivity index (χ3n) is 5.14. The molecule has 2 unspecified atom stereocenters. The summed E-state index contributed by atoms with van der Waals surface area (Å²) in [7, 11) is 6.99. The molecule has 0 bridgehead atoms. The predicted molar refractivity (Wildman–Crippen MR) is 187 cm³/mol. The van der Waals surface area contributed by atoms with Crippen molar-refractivity contribution in [1.82, 2.24) is 9.80 Å². The Labute approximate surface area is 274 Å². The zero-order chi connectivity index (χ0) is 31.2. The number of halogens is 2. The van der Waals surface area contributed by atoms with Crippen molar-refractivity contribution in [2.24, 2.45) is 11.7 Å². The molecule has 0 spiro atoms. The summed E-state index contributed by atoms with van der Waals surface area (Å²) in [4.78, 5) is 25.2. The van der Waals surface area contributed by atoms with Crippen LogP contribution in [0.1, 0.15) is 40.0 Å². The van der Waals surface area contributed by atoms with Gasteiger partial charge in [0.25, 0.3) is 0 Å². The molecular formula is C32H47I2N3O4. The second-order valence-corrected chi connectivity index (χ2v) is 12.4. The number of nitrogens with two attached hydrogens (primary N) is 1. The highest BCUT2D eigenvalue weighted by Gasteiger charge is 2.03. The molecule has 0 fully saturated rings. The van der Waals surface area contributed by atoms with Crippen LogP contribution in [0.3, 0.4) is 0 Å². The van der Waals surface area contributed by atoms with Crippen LogP contribution in [0.5, 0.6) is 11.5 Å². The third kappa shape index (κ3) is 22.2. The Hall–Kier alpha value is -2.12. The summed E-state index contributed by atoms with van der Waals surface area (Å²) in [5.74, 6) is 2.35. The molecule has 9 heteroatoms. The van der Waals surface area contributed by atoms with Crippen molar-refractivity contribution in [2.75, 3.05) is 41.4 Å². The predicted octanol–water partition coefficient (Wildman–Crippen LogP) is 6.79. The fourth-order valence-corrected chi connectivity index (χ4v) is 3.41. The number of hydrogen-bond acceptors (Lipinski definition) is 5. The van der Waals surface area contributed by atoms with Gasteiger partial charge in [-0.3, -0.25) is 9.59 Å². The molecule has 0 aliphatic carbocycles. The molecule has 228 valence electrons. The van der Waals surface area contributed by atoms with Gasteiger partial charge in [-0.25, -0.2) is 0 Å². The second kappa shape index (κ2) is 23.4. The lowest BCUT2D eigenvalue weighted by molar-refractivity contribution is -0.124. The van der Waals surface area contributed by atoms with Gasteiger partial charge >= 0.3 is 0 Å². The number of allylic oxidation sites excluding steroid dienone is 2. The lowest BCUT2D eigenvalue weighted by Gasteiger charge is -2.12. The molecular weight excluding hydrogens is 744 g/mol. The fourth-order valence-electron chi connectivity index (χ4n) is 2.69. The van der Waals surface area contributed by atoms with E-state index in [-0.39, 0.29) is 17.9 Å². The Bertz CT molecular complexity index is 1040. The van der Waals surface area contributed by atoms with Crippen molar-refractivity contribution < 1.29 is 19.1 Å². The first-order chi connectivity index (χ1) is 19.3. The molecule has 0 aliphatic heterocycles. The Kier molecular flexibility index (Phi) is 22.2. The molecule has 2 aromatic carbocycles. The van der Waals surface area contributed by atoms with E-state index in [4.69, 9.17) is 15.2 Å². The second-order valence-electron chi connectivity index (χ2n) is 9.87. The summed E-state index contributed by atoms with van der Waals surface area (Å²) in [6.07, 6.45) is 9.83. The van der Waals surface area contributed by atoms with Gasteiger partial charge in [0.05, 0.1) is 6.61 Å². The van der Waals surface area contributed by atoms with Crippen molar-refractivity contribution in [3.05, 3.63) is 80.0 Å². The number of rotatable bonds is 12. The van der Waals surface area contributed by atoms with Crippen LogP contribution in [0.25, 0.3) is 0 Å². The van der Waals surface area contributed by atoms with Gasteiger partial charge in [-0.1, -0.05) is 26.0 Å². The number of nitrogens with zero attached hydrogens (tertiary/aromatic N) is 2. The van der Waals surface area contributed by atoms with E-state index in [2.05, 4.69) is 52.1 Å². The van der Waals surface area contributed by atoms with E-state index < -0.39 is 0 Å². The smallest absolute Gasteiger partial charge is 0.245 e. The lowest BCUT2D eigenvalue weighted by atomic mass is 10.1. The van der Waals surface area contributed by atoms with Gasteiger partial charge in [-0.05, 0) is 138 Å². The van der Waals surface area contributed by atoms with E-state index in [1.54, 1.807) is 50.1 Å². The largest absolute Gasteiger partial charge is 0.493 e. The van der Waals surface area contributed by atoms with Gasteiger partial charge in [0.2, 0.25) is 11.8 Å². The standard InChI is InChI=1S/C16H22INO2.C9H12INO.C7H13NO/c1-13(6-4-5-7-16(19)18(2)3)12-20-15-10-8-14(17)9-11-15;1-7(11)6-12-9-4-2-8(10)3-5-9;1-4-5-6-7(9)8(2)3/h5,7-11,13H,4,6,12H2,1-3H3;2-5,7H,6,11H2,1H3;5-6H,4H2,1-3H3/b7-5+;;6-5+. The molecule has 2 aromatic rings. The minimum Gasteiger partial charge on any atom is -0.493 e. The average molecular weight is 792 g/mol. The Morgan fingerprint density at radius 1 is 0.780 bits per heavy atom. The molecule has 0 saturated heterocycles. The van der Waals surface area contributed by atoms with Gasteiger partial charge in [0.1, 0.15) is 18.1 Å².